The predicted octanol–water partition coefficient (Wildman–Crippen LogP) is 1.90. The summed E-state index contributed by atoms with van der Waals surface area (Å²) in [4.78, 5) is 0. The fourth-order valence-corrected chi connectivity index (χ4v) is 1.93. The van der Waals surface area contributed by atoms with E-state index in [-0.39, 0.29) is 0 Å². The topological polar surface area (TPSA) is 58.4 Å². The van der Waals surface area contributed by atoms with Crippen LogP contribution in [0.4, 0.5) is 0 Å². The Morgan fingerprint density at radius 2 is 1.67 bits per heavy atom. The maximum Gasteiger partial charge on any atom is 0.203 e. The number of halogens is 1. The van der Waals surface area contributed by atoms with E-state index in [1.165, 1.54) is 0 Å². The molecule has 0 N–H and O–H groups in total. The normalized spacial score (nSPS) is 10.2. The van der Waals surface area contributed by atoms with Crippen molar-refractivity contribution < 1.29 is 14.2 Å². The van der Waals surface area contributed by atoms with Gasteiger partial charge in [0.05, 0.1) is 33.2 Å². The van der Waals surface area contributed by atoms with E-state index in [2.05, 4.69) is 32.9 Å². The third-order valence-electron chi connectivity index (χ3n) is 2.38. The highest BCUT2D eigenvalue weighted by Gasteiger charge is 2.14. The first-order valence-corrected chi connectivity index (χ1v) is 6.15. The number of hydrogen-bond donors (Lipinski definition) is 0. The third kappa shape index (κ3) is 2.35. The molecule has 0 aliphatic heterocycles. The summed E-state index contributed by atoms with van der Waals surface area (Å²) in [6.45, 7) is 0. The maximum atomic E-state index is 5.28. The number of nitrogens with zero attached hydrogens (tertiary/aromatic N) is 3. The summed E-state index contributed by atoms with van der Waals surface area (Å²) in [5.41, 5.74) is 0.792. The Hall–Kier alpha value is -1.51. The van der Waals surface area contributed by atoms with Gasteiger partial charge in [-0.2, -0.15) is 0 Å². The average molecular weight is 361 g/mol. The van der Waals surface area contributed by atoms with Crippen LogP contribution in [0.5, 0.6) is 17.2 Å². The van der Waals surface area contributed by atoms with Crippen molar-refractivity contribution in [2.24, 2.45) is 0 Å². The standard InChI is InChI=1S/C11H12IN3O3/c1-16-8-4-7(15-6-10(12)13-14-15)5-9(17-2)11(8)18-3/h4-6H,1-3H3. The Kier molecular flexibility index (Phi) is 3.90. The van der Waals surface area contributed by atoms with Gasteiger partial charge < -0.3 is 14.2 Å². The van der Waals surface area contributed by atoms with Crippen molar-refractivity contribution >= 4 is 22.6 Å². The van der Waals surface area contributed by atoms with E-state index in [0.29, 0.717) is 17.2 Å². The number of hydrogen-bond acceptors (Lipinski definition) is 5. The Morgan fingerprint density at radius 3 is 2.06 bits per heavy atom. The summed E-state index contributed by atoms with van der Waals surface area (Å²) in [7, 11) is 4.72. The molecular weight excluding hydrogens is 349 g/mol. The molecule has 0 saturated carbocycles. The zero-order valence-electron chi connectivity index (χ0n) is 10.2. The minimum Gasteiger partial charge on any atom is -0.493 e. The summed E-state index contributed by atoms with van der Waals surface area (Å²) in [6, 6.07) is 3.62. The van der Waals surface area contributed by atoms with Gasteiger partial charge in [-0.25, -0.2) is 4.68 Å². The highest BCUT2D eigenvalue weighted by Crippen LogP contribution is 2.39. The fourth-order valence-electron chi connectivity index (χ4n) is 1.57. The third-order valence-corrected chi connectivity index (χ3v) is 2.87. The van der Waals surface area contributed by atoms with E-state index in [0.717, 1.165) is 9.39 Å². The zero-order chi connectivity index (χ0) is 13.1. The Morgan fingerprint density at radius 1 is 1.06 bits per heavy atom. The minimum absolute atomic E-state index is 0.554. The number of benzene rings is 1. The van der Waals surface area contributed by atoms with Crippen molar-refractivity contribution in [3.8, 4) is 22.9 Å². The van der Waals surface area contributed by atoms with Crippen molar-refractivity contribution in [1.82, 2.24) is 15.0 Å². The highest BCUT2D eigenvalue weighted by atomic mass is 127. The van der Waals surface area contributed by atoms with Crippen LogP contribution < -0.4 is 14.2 Å². The average Bonchev–Trinajstić information content (AvgIpc) is 2.83. The van der Waals surface area contributed by atoms with Crippen LogP contribution in [0.15, 0.2) is 18.3 Å². The summed E-state index contributed by atoms with van der Waals surface area (Å²) < 4.78 is 18.3. The number of ether oxygens (including phenoxy) is 3. The van der Waals surface area contributed by atoms with E-state index in [9.17, 15) is 0 Å². The molecule has 0 aliphatic carbocycles. The van der Waals surface area contributed by atoms with Gasteiger partial charge in [-0.15, -0.1) is 5.10 Å². The molecule has 1 aromatic carbocycles. The lowest BCUT2D eigenvalue weighted by Gasteiger charge is -2.13. The van der Waals surface area contributed by atoms with Gasteiger partial charge >= 0.3 is 0 Å². The van der Waals surface area contributed by atoms with Gasteiger partial charge in [-0.1, -0.05) is 5.21 Å². The number of aromatic nitrogens is 3. The van der Waals surface area contributed by atoms with Crippen LogP contribution in [-0.4, -0.2) is 36.3 Å². The second-order valence-electron chi connectivity index (χ2n) is 3.37. The second-order valence-corrected chi connectivity index (χ2v) is 4.47. The largest absolute Gasteiger partial charge is 0.493 e. The van der Waals surface area contributed by atoms with Gasteiger partial charge in [0.2, 0.25) is 5.75 Å². The van der Waals surface area contributed by atoms with E-state index < -0.39 is 0 Å². The van der Waals surface area contributed by atoms with Gasteiger partial charge in [-0.3, -0.25) is 0 Å². The SMILES string of the molecule is COc1cc(-n2cc(I)nn2)cc(OC)c1OC. The molecule has 96 valence electrons. The molecule has 6 nitrogen and oxygen atoms in total. The van der Waals surface area contributed by atoms with Crippen LogP contribution >= 0.6 is 22.6 Å². The van der Waals surface area contributed by atoms with Crippen LogP contribution in [0.1, 0.15) is 0 Å². The van der Waals surface area contributed by atoms with E-state index in [1.54, 1.807) is 32.2 Å². The molecular formula is C11H12IN3O3. The van der Waals surface area contributed by atoms with Gasteiger partial charge in [-0.05, 0) is 22.6 Å². The quantitative estimate of drug-likeness (QED) is 0.779. The lowest BCUT2D eigenvalue weighted by molar-refractivity contribution is 0.324. The Balaban J connectivity index is 2.56. The second kappa shape index (κ2) is 5.42. The van der Waals surface area contributed by atoms with Crippen molar-refractivity contribution in [3.05, 3.63) is 22.0 Å². The first-order valence-electron chi connectivity index (χ1n) is 5.07. The molecule has 0 atom stereocenters. The lowest BCUT2D eigenvalue weighted by atomic mass is 10.2. The first-order chi connectivity index (χ1) is 8.69. The summed E-state index contributed by atoms with van der Waals surface area (Å²) in [6.07, 6.45) is 1.81. The molecule has 0 aliphatic rings. The van der Waals surface area contributed by atoms with Crippen LogP contribution in [0.25, 0.3) is 5.69 Å². The monoisotopic (exact) mass is 361 g/mol. The van der Waals surface area contributed by atoms with Crippen LogP contribution in [0.2, 0.25) is 0 Å². The Labute approximate surface area is 118 Å². The zero-order valence-corrected chi connectivity index (χ0v) is 12.3. The molecule has 0 spiro atoms. The van der Waals surface area contributed by atoms with Crippen LogP contribution in [0, 0.1) is 3.70 Å². The number of methoxy groups -OCH3 is 3. The van der Waals surface area contributed by atoms with Crippen molar-refractivity contribution in [1.29, 1.82) is 0 Å². The molecule has 2 aromatic rings. The Bertz CT molecular complexity index is 531. The maximum absolute atomic E-state index is 5.28. The number of rotatable bonds is 4. The fraction of sp³-hybridized carbons (Fsp3) is 0.273. The molecule has 0 fully saturated rings. The molecule has 0 amide bonds. The summed E-state index contributed by atoms with van der Waals surface area (Å²) in [5, 5.41) is 7.93. The van der Waals surface area contributed by atoms with Gasteiger partial charge in [0, 0.05) is 12.1 Å². The molecule has 1 aromatic heterocycles. The van der Waals surface area contributed by atoms with Crippen molar-refractivity contribution in [3.63, 3.8) is 0 Å². The lowest BCUT2D eigenvalue weighted by Crippen LogP contribution is -2.00. The molecule has 2 rings (SSSR count). The van der Waals surface area contributed by atoms with E-state index >= 15 is 0 Å². The molecule has 0 saturated heterocycles. The van der Waals surface area contributed by atoms with Crippen LogP contribution in [0.3, 0.4) is 0 Å². The van der Waals surface area contributed by atoms with Crippen molar-refractivity contribution in [2.75, 3.05) is 21.3 Å². The molecule has 0 unspecified atom stereocenters. The summed E-state index contributed by atoms with van der Waals surface area (Å²) in [5.74, 6) is 1.72. The minimum atomic E-state index is 0.554. The predicted molar refractivity (Wildman–Crippen MR) is 73.7 cm³/mol. The molecule has 18 heavy (non-hydrogen) atoms. The highest BCUT2D eigenvalue weighted by molar-refractivity contribution is 14.1. The van der Waals surface area contributed by atoms with E-state index in [4.69, 9.17) is 14.2 Å². The smallest absolute Gasteiger partial charge is 0.203 e. The molecule has 0 radical (unpaired) electrons. The molecule has 7 heteroatoms. The van der Waals surface area contributed by atoms with Crippen LogP contribution in [-0.2, 0) is 0 Å². The first kappa shape index (κ1) is 12.9. The van der Waals surface area contributed by atoms with Crippen molar-refractivity contribution in [2.45, 2.75) is 0 Å². The van der Waals surface area contributed by atoms with Gasteiger partial charge in [0.25, 0.3) is 0 Å². The van der Waals surface area contributed by atoms with Gasteiger partial charge in [0.15, 0.2) is 11.5 Å². The van der Waals surface area contributed by atoms with E-state index in [1.807, 2.05) is 12.1 Å². The molecule has 1 heterocycles. The molecule has 0 bridgehead atoms. The summed E-state index contributed by atoms with van der Waals surface area (Å²) >= 11 is 2.10. The van der Waals surface area contributed by atoms with Gasteiger partial charge in [0.1, 0.15) is 3.70 Å².